The maximum atomic E-state index is 5.91. The molecule has 0 spiro atoms. The SMILES string of the molecule is CC(C)Oc1ccc(B2OC(C)(C)C(C)(C)O2)nn1. The van der Waals surface area contributed by atoms with Crippen LogP contribution in [0.15, 0.2) is 12.1 Å². The summed E-state index contributed by atoms with van der Waals surface area (Å²) >= 11 is 0. The van der Waals surface area contributed by atoms with Crippen LogP contribution in [-0.4, -0.2) is 34.6 Å². The second kappa shape index (κ2) is 4.76. The van der Waals surface area contributed by atoms with Crippen molar-refractivity contribution in [3.63, 3.8) is 0 Å². The molecule has 1 aromatic heterocycles. The molecule has 0 saturated carbocycles. The maximum absolute atomic E-state index is 5.91. The zero-order chi connectivity index (χ0) is 14.3. The molecule has 1 aliphatic rings. The third-order valence-corrected chi connectivity index (χ3v) is 3.51. The molecule has 0 aliphatic carbocycles. The van der Waals surface area contributed by atoms with Crippen LogP contribution in [0.4, 0.5) is 0 Å². The first-order chi connectivity index (χ1) is 8.71. The van der Waals surface area contributed by atoms with Crippen LogP contribution in [0.2, 0.25) is 0 Å². The van der Waals surface area contributed by atoms with Crippen molar-refractivity contribution in [2.45, 2.75) is 58.8 Å². The molecule has 0 atom stereocenters. The first kappa shape index (κ1) is 14.3. The summed E-state index contributed by atoms with van der Waals surface area (Å²) in [4.78, 5) is 0. The molecule has 0 radical (unpaired) electrons. The molecule has 0 unspecified atom stereocenters. The second-order valence-corrected chi connectivity index (χ2v) is 6.05. The largest absolute Gasteiger partial charge is 0.516 e. The standard InChI is InChI=1S/C13H21BN2O3/c1-9(2)17-11-8-7-10(15-16-11)14-18-12(3,4)13(5,6)19-14/h7-9H,1-6H3. The number of hydrogen-bond acceptors (Lipinski definition) is 5. The van der Waals surface area contributed by atoms with Gasteiger partial charge in [0.15, 0.2) is 0 Å². The highest BCUT2D eigenvalue weighted by molar-refractivity contribution is 6.61. The molecule has 0 N–H and O–H groups in total. The molecule has 19 heavy (non-hydrogen) atoms. The summed E-state index contributed by atoms with van der Waals surface area (Å²) < 4.78 is 17.3. The molecule has 0 amide bonds. The summed E-state index contributed by atoms with van der Waals surface area (Å²) in [6, 6.07) is 3.61. The zero-order valence-corrected chi connectivity index (χ0v) is 12.4. The molecule has 104 valence electrons. The molecule has 2 heterocycles. The van der Waals surface area contributed by atoms with Crippen LogP contribution in [0, 0.1) is 0 Å². The highest BCUT2D eigenvalue weighted by Gasteiger charge is 2.52. The molecular weight excluding hydrogens is 243 g/mol. The zero-order valence-electron chi connectivity index (χ0n) is 12.4. The van der Waals surface area contributed by atoms with Crippen LogP contribution in [-0.2, 0) is 9.31 Å². The lowest BCUT2D eigenvalue weighted by Crippen LogP contribution is -2.41. The second-order valence-electron chi connectivity index (χ2n) is 6.05. The van der Waals surface area contributed by atoms with E-state index in [0.717, 1.165) is 0 Å². The summed E-state index contributed by atoms with van der Waals surface area (Å²) in [5.74, 6) is 0.510. The smallest absolute Gasteiger partial charge is 0.474 e. The number of rotatable bonds is 3. The molecule has 1 aliphatic heterocycles. The average molecular weight is 264 g/mol. The van der Waals surface area contributed by atoms with Crippen molar-refractivity contribution in [1.29, 1.82) is 0 Å². The van der Waals surface area contributed by atoms with Crippen molar-refractivity contribution in [2.75, 3.05) is 0 Å². The minimum Gasteiger partial charge on any atom is -0.474 e. The maximum Gasteiger partial charge on any atom is 0.516 e. The molecule has 6 heteroatoms. The normalized spacial score (nSPS) is 20.9. The van der Waals surface area contributed by atoms with E-state index in [4.69, 9.17) is 14.0 Å². The van der Waals surface area contributed by atoms with Gasteiger partial charge in [-0.3, -0.25) is 0 Å². The predicted octanol–water partition coefficient (Wildman–Crippen LogP) is 1.56. The number of ether oxygens (including phenoxy) is 1. The van der Waals surface area contributed by atoms with Gasteiger partial charge in [0.25, 0.3) is 0 Å². The van der Waals surface area contributed by atoms with E-state index in [1.165, 1.54) is 0 Å². The van der Waals surface area contributed by atoms with Crippen LogP contribution >= 0.6 is 0 Å². The summed E-state index contributed by atoms with van der Waals surface area (Å²) in [5, 5.41) is 8.15. The molecule has 5 nitrogen and oxygen atoms in total. The Morgan fingerprint density at radius 1 is 1.05 bits per heavy atom. The molecule has 1 fully saturated rings. The summed E-state index contributed by atoms with van der Waals surface area (Å²) in [6.07, 6.45) is 0.0806. The number of aromatic nitrogens is 2. The van der Waals surface area contributed by atoms with Crippen LogP contribution in [0.1, 0.15) is 41.5 Å². The lowest BCUT2D eigenvalue weighted by Gasteiger charge is -2.32. The molecule has 1 aromatic rings. The first-order valence-electron chi connectivity index (χ1n) is 6.57. The Kier molecular flexibility index (Phi) is 3.58. The van der Waals surface area contributed by atoms with E-state index in [-0.39, 0.29) is 17.3 Å². The van der Waals surface area contributed by atoms with Crippen LogP contribution in [0.5, 0.6) is 5.88 Å². The van der Waals surface area contributed by atoms with Crippen molar-refractivity contribution < 1.29 is 14.0 Å². The van der Waals surface area contributed by atoms with Crippen molar-refractivity contribution in [3.05, 3.63) is 12.1 Å². The Morgan fingerprint density at radius 3 is 2.05 bits per heavy atom. The van der Waals surface area contributed by atoms with Gasteiger partial charge in [-0.25, -0.2) is 0 Å². The summed E-state index contributed by atoms with van der Waals surface area (Å²) in [5.41, 5.74) is -0.0754. The fraction of sp³-hybridized carbons (Fsp3) is 0.692. The van der Waals surface area contributed by atoms with Gasteiger partial charge in [-0.15, -0.1) is 5.10 Å². The van der Waals surface area contributed by atoms with Gasteiger partial charge in [-0.05, 0) is 47.6 Å². The van der Waals surface area contributed by atoms with Crippen molar-refractivity contribution in [3.8, 4) is 5.88 Å². The van der Waals surface area contributed by atoms with Crippen LogP contribution < -0.4 is 10.3 Å². The Balaban J connectivity index is 2.12. The Labute approximate surface area is 114 Å². The predicted molar refractivity (Wildman–Crippen MR) is 73.5 cm³/mol. The lowest BCUT2D eigenvalue weighted by atomic mass is 9.85. The Bertz CT molecular complexity index is 430. The van der Waals surface area contributed by atoms with Crippen LogP contribution in [0.3, 0.4) is 0 Å². The van der Waals surface area contributed by atoms with E-state index in [1.807, 2.05) is 47.6 Å². The van der Waals surface area contributed by atoms with E-state index in [0.29, 0.717) is 11.5 Å². The molecule has 0 aromatic carbocycles. The quantitative estimate of drug-likeness (QED) is 0.775. The first-order valence-corrected chi connectivity index (χ1v) is 6.57. The van der Waals surface area contributed by atoms with Gasteiger partial charge in [0.05, 0.1) is 22.9 Å². The van der Waals surface area contributed by atoms with Crippen molar-refractivity contribution in [2.24, 2.45) is 0 Å². The van der Waals surface area contributed by atoms with Gasteiger partial charge in [0, 0.05) is 6.07 Å². The van der Waals surface area contributed by atoms with Gasteiger partial charge in [-0.2, -0.15) is 5.10 Å². The minimum atomic E-state index is -0.481. The fourth-order valence-corrected chi connectivity index (χ4v) is 1.72. The average Bonchev–Trinajstić information content (AvgIpc) is 2.48. The van der Waals surface area contributed by atoms with Crippen LogP contribution in [0.25, 0.3) is 0 Å². The van der Waals surface area contributed by atoms with E-state index in [1.54, 1.807) is 6.07 Å². The number of hydrogen-bond donors (Lipinski definition) is 0. The highest BCUT2D eigenvalue weighted by Crippen LogP contribution is 2.36. The van der Waals surface area contributed by atoms with E-state index in [2.05, 4.69) is 10.2 Å². The van der Waals surface area contributed by atoms with Gasteiger partial charge in [0.1, 0.15) is 0 Å². The third-order valence-electron chi connectivity index (χ3n) is 3.51. The Morgan fingerprint density at radius 2 is 1.63 bits per heavy atom. The molecule has 0 bridgehead atoms. The molecular formula is C13H21BN2O3. The molecule has 1 saturated heterocycles. The van der Waals surface area contributed by atoms with E-state index < -0.39 is 7.12 Å². The van der Waals surface area contributed by atoms with Crippen molar-refractivity contribution in [1.82, 2.24) is 10.2 Å². The van der Waals surface area contributed by atoms with Gasteiger partial charge < -0.3 is 14.0 Å². The fourth-order valence-electron chi connectivity index (χ4n) is 1.72. The lowest BCUT2D eigenvalue weighted by molar-refractivity contribution is 0.00578. The monoisotopic (exact) mass is 264 g/mol. The number of nitrogens with zero attached hydrogens (tertiary/aromatic N) is 2. The summed E-state index contributed by atoms with van der Waals surface area (Å²) in [7, 11) is -0.481. The van der Waals surface area contributed by atoms with E-state index in [9.17, 15) is 0 Å². The van der Waals surface area contributed by atoms with Gasteiger partial charge in [0.2, 0.25) is 5.88 Å². The van der Waals surface area contributed by atoms with Crippen molar-refractivity contribution >= 4 is 12.7 Å². The molecule has 2 rings (SSSR count). The van der Waals surface area contributed by atoms with E-state index >= 15 is 0 Å². The Hall–Kier alpha value is -1.14. The summed E-state index contributed by atoms with van der Waals surface area (Å²) in [6.45, 7) is 11.9. The highest BCUT2D eigenvalue weighted by atomic mass is 16.7. The minimum absolute atomic E-state index is 0.0806. The topological polar surface area (TPSA) is 53.5 Å². The van der Waals surface area contributed by atoms with Gasteiger partial charge in [-0.1, -0.05) is 0 Å². The third kappa shape index (κ3) is 2.90. The van der Waals surface area contributed by atoms with Gasteiger partial charge >= 0.3 is 7.12 Å².